The van der Waals surface area contributed by atoms with Crippen molar-refractivity contribution in [3.05, 3.63) is 0 Å². The molecule has 1 unspecified atom stereocenters. The summed E-state index contributed by atoms with van der Waals surface area (Å²) >= 11 is 0. The van der Waals surface area contributed by atoms with Gasteiger partial charge >= 0.3 is 0 Å². The van der Waals surface area contributed by atoms with Gasteiger partial charge in [-0.25, -0.2) is 0 Å². The van der Waals surface area contributed by atoms with Crippen LogP contribution in [0.1, 0.15) is 25.7 Å². The van der Waals surface area contributed by atoms with Gasteiger partial charge in [-0.15, -0.1) is 0 Å². The standard InChI is InChI=1S/C9H16N2O2/c10-9(3-4-9)8(12)11-6-7-2-1-5-13-7/h7H,1-6,10H2,(H,11,12). The summed E-state index contributed by atoms with van der Waals surface area (Å²) in [5.74, 6) is -0.0111. The maximum atomic E-state index is 11.4. The predicted molar refractivity (Wildman–Crippen MR) is 48.1 cm³/mol. The number of nitrogens with one attached hydrogen (secondary N) is 1. The fourth-order valence-electron chi connectivity index (χ4n) is 1.55. The van der Waals surface area contributed by atoms with Crippen LogP contribution in [-0.2, 0) is 9.53 Å². The topological polar surface area (TPSA) is 64.4 Å². The normalized spacial score (nSPS) is 30.1. The molecule has 2 aliphatic rings. The smallest absolute Gasteiger partial charge is 0.240 e. The molecule has 4 heteroatoms. The Morgan fingerprint density at radius 3 is 2.92 bits per heavy atom. The van der Waals surface area contributed by atoms with E-state index >= 15 is 0 Å². The molecule has 1 atom stereocenters. The fraction of sp³-hybridized carbons (Fsp3) is 0.889. The molecule has 0 spiro atoms. The molecule has 0 aromatic carbocycles. The second kappa shape index (κ2) is 3.27. The van der Waals surface area contributed by atoms with Crippen molar-refractivity contribution in [1.82, 2.24) is 5.32 Å². The lowest BCUT2D eigenvalue weighted by molar-refractivity contribution is -0.123. The average molecular weight is 184 g/mol. The molecule has 1 aliphatic carbocycles. The van der Waals surface area contributed by atoms with E-state index in [0.29, 0.717) is 6.54 Å². The number of ether oxygens (including phenoxy) is 1. The molecule has 13 heavy (non-hydrogen) atoms. The molecule has 1 saturated carbocycles. The van der Waals surface area contributed by atoms with Crippen LogP contribution in [0.25, 0.3) is 0 Å². The first-order valence-corrected chi connectivity index (χ1v) is 4.89. The van der Waals surface area contributed by atoms with Gasteiger partial charge < -0.3 is 15.8 Å². The second-order valence-corrected chi connectivity index (χ2v) is 4.00. The minimum atomic E-state index is -0.543. The fourth-order valence-corrected chi connectivity index (χ4v) is 1.55. The minimum Gasteiger partial charge on any atom is -0.376 e. The Morgan fingerprint density at radius 2 is 2.38 bits per heavy atom. The first-order valence-electron chi connectivity index (χ1n) is 4.89. The SMILES string of the molecule is NC1(C(=O)NCC2CCCO2)CC1. The van der Waals surface area contributed by atoms with E-state index in [2.05, 4.69) is 5.32 Å². The van der Waals surface area contributed by atoms with Crippen molar-refractivity contribution in [3.63, 3.8) is 0 Å². The molecule has 1 aliphatic heterocycles. The quantitative estimate of drug-likeness (QED) is 0.637. The number of amides is 1. The van der Waals surface area contributed by atoms with Crippen LogP contribution >= 0.6 is 0 Å². The summed E-state index contributed by atoms with van der Waals surface area (Å²) in [7, 11) is 0. The van der Waals surface area contributed by atoms with Crippen LogP contribution in [0.3, 0.4) is 0 Å². The Labute approximate surface area is 77.8 Å². The summed E-state index contributed by atoms with van der Waals surface area (Å²) in [5.41, 5.74) is 5.18. The molecule has 1 heterocycles. The molecule has 1 amide bonds. The number of carbonyl (C=O) groups excluding carboxylic acids is 1. The zero-order valence-electron chi connectivity index (χ0n) is 7.71. The maximum absolute atomic E-state index is 11.4. The summed E-state index contributed by atoms with van der Waals surface area (Å²) in [5, 5.41) is 2.84. The third-order valence-corrected chi connectivity index (χ3v) is 2.76. The van der Waals surface area contributed by atoms with E-state index in [0.717, 1.165) is 32.3 Å². The lowest BCUT2D eigenvalue weighted by atomic mass is 10.2. The van der Waals surface area contributed by atoms with E-state index in [1.54, 1.807) is 0 Å². The zero-order valence-corrected chi connectivity index (χ0v) is 7.71. The number of hydrogen-bond acceptors (Lipinski definition) is 3. The van der Waals surface area contributed by atoms with Gasteiger partial charge in [-0.3, -0.25) is 4.79 Å². The lowest BCUT2D eigenvalue weighted by Gasteiger charge is -2.13. The molecule has 0 aromatic heterocycles. The highest BCUT2D eigenvalue weighted by atomic mass is 16.5. The van der Waals surface area contributed by atoms with E-state index in [-0.39, 0.29) is 12.0 Å². The highest BCUT2D eigenvalue weighted by Gasteiger charge is 2.45. The number of hydrogen-bond donors (Lipinski definition) is 2. The van der Waals surface area contributed by atoms with E-state index < -0.39 is 5.54 Å². The van der Waals surface area contributed by atoms with Gasteiger partial charge in [-0.2, -0.15) is 0 Å². The first kappa shape index (κ1) is 8.97. The molecule has 1 saturated heterocycles. The molecule has 74 valence electrons. The van der Waals surface area contributed by atoms with Crippen molar-refractivity contribution in [2.75, 3.05) is 13.2 Å². The van der Waals surface area contributed by atoms with Crippen LogP contribution in [-0.4, -0.2) is 30.7 Å². The van der Waals surface area contributed by atoms with Crippen molar-refractivity contribution in [2.24, 2.45) is 5.73 Å². The summed E-state index contributed by atoms with van der Waals surface area (Å²) in [4.78, 5) is 11.4. The monoisotopic (exact) mass is 184 g/mol. The van der Waals surface area contributed by atoms with Crippen LogP contribution in [0.15, 0.2) is 0 Å². The lowest BCUT2D eigenvalue weighted by Crippen LogP contribution is -2.45. The van der Waals surface area contributed by atoms with E-state index in [9.17, 15) is 4.79 Å². The van der Waals surface area contributed by atoms with Gasteiger partial charge in [0.05, 0.1) is 11.6 Å². The number of nitrogens with two attached hydrogens (primary N) is 1. The van der Waals surface area contributed by atoms with Crippen LogP contribution in [0.2, 0.25) is 0 Å². The van der Waals surface area contributed by atoms with Crippen LogP contribution in [0.4, 0.5) is 0 Å². The molecule has 0 radical (unpaired) electrons. The molecule has 0 aromatic rings. The molecular weight excluding hydrogens is 168 g/mol. The average Bonchev–Trinajstić information content (AvgIpc) is 2.70. The number of carbonyl (C=O) groups is 1. The highest BCUT2D eigenvalue weighted by Crippen LogP contribution is 2.32. The predicted octanol–water partition coefficient (Wildman–Crippen LogP) is -0.227. The number of rotatable bonds is 3. The highest BCUT2D eigenvalue weighted by molar-refractivity contribution is 5.88. The van der Waals surface area contributed by atoms with Gasteiger partial charge in [0.1, 0.15) is 0 Å². The molecule has 4 nitrogen and oxygen atoms in total. The molecule has 2 rings (SSSR count). The maximum Gasteiger partial charge on any atom is 0.240 e. The third kappa shape index (κ3) is 2.00. The van der Waals surface area contributed by atoms with Gasteiger partial charge in [0.25, 0.3) is 0 Å². The van der Waals surface area contributed by atoms with Crippen LogP contribution < -0.4 is 11.1 Å². The van der Waals surface area contributed by atoms with Crippen molar-refractivity contribution < 1.29 is 9.53 Å². The van der Waals surface area contributed by atoms with Crippen molar-refractivity contribution in [3.8, 4) is 0 Å². The van der Waals surface area contributed by atoms with Crippen LogP contribution in [0.5, 0.6) is 0 Å². The van der Waals surface area contributed by atoms with Gasteiger partial charge in [0.15, 0.2) is 0 Å². The summed E-state index contributed by atoms with van der Waals surface area (Å²) in [6.45, 7) is 1.45. The Kier molecular flexibility index (Phi) is 2.26. The summed E-state index contributed by atoms with van der Waals surface area (Å²) in [6, 6.07) is 0. The van der Waals surface area contributed by atoms with Crippen molar-refractivity contribution in [2.45, 2.75) is 37.3 Å². The minimum absolute atomic E-state index is 0.0111. The second-order valence-electron chi connectivity index (χ2n) is 4.00. The molecular formula is C9H16N2O2. The van der Waals surface area contributed by atoms with Gasteiger partial charge in [-0.1, -0.05) is 0 Å². The van der Waals surface area contributed by atoms with Crippen LogP contribution in [0, 0.1) is 0 Å². The zero-order chi connectivity index (χ0) is 9.31. The Hall–Kier alpha value is -0.610. The largest absolute Gasteiger partial charge is 0.376 e. The molecule has 2 fully saturated rings. The summed E-state index contributed by atoms with van der Waals surface area (Å²) < 4.78 is 5.38. The van der Waals surface area contributed by atoms with E-state index in [1.807, 2.05) is 0 Å². The third-order valence-electron chi connectivity index (χ3n) is 2.76. The van der Waals surface area contributed by atoms with Crippen molar-refractivity contribution >= 4 is 5.91 Å². The van der Waals surface area contributed by atoms with Gasteiger partial charge in [0.2, 0.25) is 5.91 Å². The molecule has 3 N–H and O–H groups in total. The Bertz CT molecular complexity index is 208. The van der Waals surface area contributed by atoms with Crippen molar-refractivity contribution in [1.29, 1.82) is 0 Å². The van der Waals surface area contributed by atoms with Gasteiger partial charge in [0, 0.05) is 13.2 Å². The Morgan fingerprint density at radius 1 is 1.62 bits per heavy atom. The Balaban J connectivity index is 1.69. The summed E-state index contributed by atoms with van der Waals surface area (Å²) in [6.07, 6.45) is 4.02. The van der Waals surface area contributed by atoms with E-state index in [4.69, 9.17) is 10.5 Å². The van der Waals surface area contributed by atoms with E-state index in [1.165, 1.54) is 0 Å². The first-order chi connectivity index (χ1) is 6.21. The van der Waals surface area contributed by atoms with Gasteiger partial charge in [-0.05, 0) is 25.7 Å². The molecule has 0 bridgehead atoms.